The zero-order chi connectivity index (χ0) is 48.6. The Balaban J connectivity index is 4.66. The van der Waals surface area contributed by atoms with Crippen LogP contribution < -0.4 is 0 Å². The Hall–Kier alpha value is -4.71. The van der Waals surface area contributed by atoms with Gasteiger partial charge in [0.1, 0.15) is 13.2 Å². The molecule has 0 radical (unpaired) electrons. The highest BCUT2D eigenvalue weighted by Crippen LogP contribution is 2.11. The first-order valence-corrected chi connectivity index (χ1v) is 26.4. The molecule has 0 spiro atoms. The summed E-state index contributed by atoms with van der Waals surface area (Å²) < 4.78 is 16.7. The van der Waals surface area contributed by atoms with Gasteiger partial charge in [0, 0.05) is 19.3 Å². The molecule has 0 amide bonds. The molecular weight excluding hydrogens is 829 g/mol. The summed E-state index contributed by atoms with van der Waals surface area (Å²) in [6.45, 7) is 6.32. The van der Waals surface area contributed by atoms with Crippen LogP contribution >= 0.6 is 0 Å². The van der Waals surface area contributed by atoms with E-state index >= 15 is 0 Å². The predicted octanol–water partition coefficient (Wildman–Crippen LogP) is 17.6. The standard InChI is InChI=1S/C61H94O6/c1-4-7-10-13-16-19-22-25-27-29-30-32-33-36-39-42-45-48-51-54-60(63)66-57-58(56-65-59(62)53-50-47-44-41-38-35-24-21-18-15-12-9-6-3)67-61(64)55-52-49-46-43-40-37-34-31-28-26-23-20-17-14-11-8-5-2/h7,10,13,16,19,22,25-30,32-39,43-44,46-47,58H,4-6,8-9,11-12,14-15,17-18,20-21,23-24,31,40-42,45,48-57H2,1-3H3/b10-7-,16-13-,22-19-,27-25-,28-26-,30-29+,33-32-,37-34-,38-35-,39-36-,46-43-,47-44-. The van der Waals surface area contributed by atoms with Gasteiger partial charge >= 0.3 is 17.9 Å². The van der Waals surface area contributed by atoms with E-state index in [0.717, 1.165) is 57.8 Å². The van der Waals surface area contributed by atoms with E-state index in [1.54, 1.807) is 0 Å². The second-order valence-electron chi connectivity index (χ2n) is 16.9. The Morgan fingerprint density at radius 2 is 0.687 bits per heavy atom. The number of hydrogen-bond acceptors (Lipinski definition) is 6. The smallest absolute Gasteiger partial charge is 0.306 e. The summed E-state index contributed by atoms with van der Waals surface area (Å²) in [7, 11) is 0. The molecule has 6 heteroatoms. The Morgan fingerprint density at radius 1 is 0.328 bits per heavy atom. The van der Waals surface area contributed by atoms with Gasteiger partial charge in [-0.2, -0.15) is 0 Å². The summed E-state index contributed by atoms with van der Waals surface area (Å²) >= 11 is 0. The quantitative estimate of drug-likeness (QED) is 0.0199. The van der Waals surface area contributed by atoms with Crippen molar-refractivity contribution in [2.45, 2.75) is 207 Å². The summed E-state index contributed by atoms with van der Waals surface area (Å²) in [6, 6.07) is 0. The number of rotatable bonds is 45. The third-order valence-electron chi connectivity index (χ3n) is 10.5. The van der Waals surface area contributed by atoms with Gasteiger partial charge in [0.15, 0.2) is 6.10 Å². The summed E-state index contributed by atoms with van der Waals surface area (Å²) in [6.07, 6.45) is 77.0. The van der Waals surface area contributed by atoms with Crippen LogP contribution in [0.2, 0.25) is 0 Å². The minimum atomic E-state index is -0.852. The fourth-order valence-corrected chi connectivity index (χ4v) is 6.55. The van der Waals surface area contributed by atoms with Gasteiger partial charge in [0.25, 0.3) is 0 Å². The van der Waals surface area contributed by atoms with Crippen LogP contribution in [0, 0.1) is 0 Å². The maximum atomic E-state index is 12.8. The first-order chi connectivity index (χ1) is 33.0. The fourth-order valence-electron chi connectivity index (χ4n) is 6.55. The highest BCUT2D eigenvalue weighted by atomic mass is 16.6. The number of hydrogen-bond donors (Lipinski definition) is 0. The number of allylic oxidation sites excluding steroid dienone is 24. The third kappa shape index (κ3) is 52.1. The van der Waals surface area contributed by atoms with Crippen LogP contribution in [-0.4, -0.2) is 37.2 Å². The van der Waals surface area contributed by atoms with E-state index in [1.807, 2.05) is 79.0 Å². The largest absolute Gasteiger partial charge is 0.462 e. The summed E-state index contributed by atoms with van der Waals surface area (Å²) in [5.41, 5.74) is 0. The molecule has 0 saturated carbocycles. The second kappa shape index (κ2) is 53.9. The molecule has 0 aromatic carbocycles. The van der Waals surface area contributed by atoms with Gasteiger partial charge in [-0.05, 0) is 89.9 Å². The molecule has 0 bridgehead atoms. The Labute approximate surface area is 410 Å². The number of esters is 3. The molecule has 0 aromatic rings. The topological polar surface area (TPSA) is 78.9 Å². The van der Waals surface area contributed by atoms with Gasteiger partial charge in [-0.25, -0.2) is 0 Å². The zero-order valence-corrected chi connectivity index (χ0v) is 42.6. The fraction of sp³-hybridized carbons (Fsp3) is 0.557. The van der Waals surface area contributed by atoms with E-state index in [-0.39, 0.29) is 44.4 Å². The van der Waals surface area contributed by atoms with Crippen LogP contribution in [0.15, 0.2) is 146 Å². The minimum absolute atomic E-state index is 0.145. The predicted molar refractivity (Wildman–Crippen MR) is 288 cm³/mol. The number of unbranched alkanes of at least 4 members (excludes halogenated alkanes) is 16. The van der Waals surface area contributed by atoms with Crippen molar-refractivity contribution in [3.63, 3.8) is 0 Å². The van der Waals surface area contributed by atoms with Crippen LogP contribution in [0.5, 0.6) is 0 Å². The molecule has 0 saturated heterocycles. The summed E-state index contributed by atoms with van der Waals surface area (Å²) in [4.78, 5) is 38.0. The maximum absolute atomic E-state index is 12.8. The molecule has 0 N–H and O–H groups in total. The van der Waals surface area contributed by atoms with Crippen molar-refractivity contribution < 1.29 is 28.6 Å². The molecule has 0 aliphatic rings. The Morgan fingerprint density at radius 3 is 1.18 bits per heavy atom. The molecule has 0 aromatic heterocycles. The number of ether oxygens (including phenoxy) is 3. The lowest BCUT2D eigenvalue weighted by molar-refractivity contribution is -0.166. The number of carbonyl (C=O) groups is 3. The van der Waals surface area contributed by atoms with E-state index in [9.17, 15) is 14.4 Å². The summed E-state index contributed by atoms with van der Waals surface area (Å²) in [5, 5.41) is 0. The lowest BCUT2D eigenvalue weighted by Gasteiger charge is -2.18. The van der Waals surface area contributed by atoms with Crippen molar-refractivity contribution in [1.82, 2.24) is 0 Å². The molecule has 0 fully saturated rings. The van der Waals surface area contributed by atoms with E-state index in [2.05, 4.69) is 87.6 Å². The van der Waals surface area contributed by atoms with Gasteiger partial charge in [-0.3, -0.25) is 14.4 Å². The van der Waals surface area contributed by atoms with Crippen LogP contribution in [0.4, 0.5) is 0 Å². The van der Waals surface area contributed by atoms with Crippen LogP contribution in [0.1, 0.15) is 201 Å². The van der Waals surface area contributed by atoms with Gasteiger partial charge in [0.2, 0.25) is 0 Å². The first kappa shape index (κ1) is 62.3. The maximum Gasteiger partial charge on any atom is 0.306 e. The van der Waals surface area contributed by atoms with Crippen LogP contribution in [0.3, 0.4) is 0 Å². The average molecular weight is 923 g/mol. The van der Waals surface area contributed by atoms with E-state index < -0.39 is 12.1 Å². The van der Waals surface area contributed by atoms with Crippen molar-refractivity contribution in [3.8, 4) is 0 Å². The van der Waals surface area contributed by atoms with Crippen molar-refractivity contribution in [3.05, 3.63) is 146 Å². The number of carbonyl (C=O) groups excluding carboxylic acids is 3. The van der Waals surface area contributed by atoms with Gasteiger partial charge in [-0.1, -0.05) is 237 Å². The van der Waals surface area contributed by atoms with Gasteiger partial charge < -0.3 is 14.2 Å². The highest BCUT2D eigenvalue weighted by Gasteiger charge is 2.19. The molecule has 374 valence electrons. The Kier molecular flexibility index (Phi) is 50.1. The molecule has 0 rings (SSSR count). The minimum Gasteiger partial charge on any atom is -0.462 e. The van der Waals surface area contributed by atoms with Crippen molar-refractivity contribution in [2.75, 3.05) is 13.2 Å². The lowest BCUT2D eigenvalue weighted by Crippen LogP contribution is -2.30. The molecule has 6 nitrogen and oxygen atoms in total. The van der Waals surface area contributed by atoms with E-state index in [0.29, 0.717) is 19.3 Å². The molecule has 0 aliphatic carbocycles. The van der Waals surface area contributed by atoms with Gasteiger partial charge in [0.05, 0.1) is 0 Å². The highest BCUT2D eigenvalue weighted by molar-refractivity contribution is 5.71. The van der Waals surface area contributed by atoms with Crippen LogP contribution in [-0.2, 0) is 28.6 Å². The van der Waals surface area contributed by atoms with E-state index in [4.69, 9.17) is 14.2 Å². The molecule has 0 heterocycles. The first-order valence-electron chi connectivity index (χ1n) is 26.4. The molecule has 1 unspecified atom stereocenters. The van der Waals surface area contributed by atoms with Crippen molar-refractivity contribution in [2.24, 2.45) is 0 Å². The average Bonchev–Trinajstić information content (AvgIpc) is 3.33. The molecule has 0 aliphatic heterocycles. The molecule has 67 heavy (non-hydrogen) atoms. The summed E-state index contributed by atoms with van der Waals surface area (Å²) in [5.74, 6) is -1.12. The van der Waals surface area contributed by atoms with E-state index in [1.165, 1.54) is 83.5 Å². The normalized spacial score (nSPS) is 13.3. The monoisotopic (exact) mass is 923 g/mol. The SMILES string of the molecule is CC\C=C/C=C\C=C/C=C\C=C\C=C/C=C\CCCCCC(=O)OCC(COC(=O)CC/C=C\C/C=C\CCCCCCCC)OC(=O)CCC/C=C\C/C=C\C/C=C\CCCCCCCC. The van der Waals surface area contributed by atoms with Crippen molar-refractivity contribution >= 4 is 17.9 Å². The molecular formula is C61H94O6. The molecule has 1 atom stereocenters. The van der Waals surface area contributed by atoms with Crippen LogP contribution in [0.25, 0.3) is 0 Å². The third-order valence-corrected chi connectivity index (χ3v) is 10.5. The van der Waals surface area contributed by atoms with Gasteiger partial charge in [-0.15, -0.1) is 0 Å². The second-order valence-corrected chi connectivity index (χ2v) is 16.9. The zero-order valence-electron chi connectivity index (χ0n) is 42.6. The van der Waals surface area contributed by atoms with Crippen molar-refractivity contribution in [1.29, 1.82) is 0 Å². The Bertz CT molecular complexity index is 1530. The lowest BCUT2D eigenvalue weighted by atomic mass is 10.1.